The minimum Gasteiger partial charge on any atom is -0.392 e. The van der Waals surface area contributed by atoms with Gasteiger partial charge in [0, 0.05) is 20.2 Å². The van der Waals surface area contributed by atoms with E-state index >= 15 is 0 Å². The van der Waals surface area contributed by atoms with E-state index in [1.54, 1.807) is 7.11 Å². The minimum atomic E-state index is 0. The van der Waals surface area contributed by atoms with Crippen LogP contribution in [-0.4, -0.2) is 37.9 Å². The van der Waals surface area contributed by atoms with Gasteiger partial charge in [-0.3, -0.25) is 0 Å². The normalized spacial score (nSPS) is 10.8. The first-order valence-corrected chi connectivity index (χ1v) is 6.50. The molecule has 3 N–H and O–H groups in total. The second-order valence-electron chi connectivity index (χ2n) is 4.04. The largest absolute Gasteiger partial charge is 0.392 e. The summed E-state index contributed by atoms with van der Waals surface area (Å²) in [6, 6.07) is 7.76. The lowest BCUT2D eigenvalue weighted by molar-refractivity contribution is 0.203. The van der Waals surface area contributed by atoms with E-state index in [2.05, 4.69) is 15.6 Å². The molecule has 0 aromatic heterocycles. The molecule has 0 bridgehead atoms. The molecule has 114 valence electrons. The molecule has 0 atom stereocenters. The van der Waals surface area contributed by atoms with Gasteiger partial charge in [-0.25, -0.2) is 4.99 Å². The molecule has 5 nitrogen and oxygen atoms in total. The van der Waals surface area contributed by atoms with E-state index in [9.17, 15) is 5.11 Å². The van der Waals surface area contributed by atoms with Crippen molar-refractivity contribution in [2.45, 2.75) is 20.1 Å². The van der Waals surface area contributed by atoms with Crippen molar-refractivity contribution in [1.82, 2.24) is 10.6 Å². The number of aliphatic imine (C=N–C) groups is 1. The lowest BCUT2D eigenvalue weighted by atomic mass is 10.1. The zero-order chi connectivity index (χ0) is 13.9. The number of guanidine groups is 1. The van der Waals surface area contributed by atoms with Gasteiger partial charge in [0.25, 0.3) is 0 Å². The van der Waals surface area contributed by atoms with Crippen molar-refractivity contribution in [2.24, 2.45) is 4.99 Å². The van der Waals surface area contributed by atoms with E-state index in [1.165, 1.54) is 0 Å². The van der Waals surface area contributed by atoms with Gasteiger partial charge >= 0.3 is 0 Å². The Hall–Kier alpha value is -0.860. The minimum absolute atomic E-state index is 0. The van der Waals surface area contributed by atoms with Crippen molar-refractivity contribution in [2.75, 3.05) is 26.8 Å². The van der Waals surface area contributed by atoms with E-state index < -0.39 is 0 Å². The van der Waals surface area contributed by atoms with Crippen LogP contribution >= 0.6 is 24.0 Å². The topological polar surface area (TPSA) is 65.9 Å². The van der Waals surface area contributed by atoms with E-state index in [0.717, 1.165) is 23.6 Å². The molecule has 0 aliphatic rings. The number of benzene rings is 1. The number of nitrogens with zero attached hydrogens (tertiary/aromatic N) is 1. The molecule has 0 spiro atoms. The highest BCUT2D eigenvalue weighted by Gasteiger charge is 2.01. The lowest BCUT2D eigenvalue weighted by Gasteiger charge is -2.11. The molecule has 0 saturated carbocycles. The van der Waals surface area contributed by atoms with Crippen LogP contribution in [0.15, 0.2) is 29.3 Å². The van der Waals surface area contributed by atoms with Crippen LogP contribution in [0.2, 0.25) is 0 Å². The Bertz CT molecular complexity index is 400. The maximum atomic E-state index is 9.26. The zero-order valence-electron chi connectivity index (χ0n) is 12.1. The van der Waals surface area contributed by atoms with Crippen molar-refractivity contribution < 1.29 is 9.84 Å². The fourth-order valence-electron chi connectivity index (χ4n) is 1.64. The molecule has 0 amide bonds. The number of methoxy groups -OCH3 is 1. The van der Waals surface area contributed by atoms with Crippen LogP contribution in [0.4, 0.5) is 0 Å². The third-order valence-corrected chi connectivity index (χ3v) is 2.64. The summed E-state index contributed by atoms with van der Waals surface area (Å²) in [5, 5.41) is 15.6. The van der Waals surface area contributed by atoms with Gasteiger partial charge in [0.1, 0.15) is 0 Å². The predicted molar refractivity (Wildman–Crippen MR) is 92.5 cm³/mol. The first-order valence-electron chi connectivity index (χ1n) is 6.50. The van der Waals surface area contributed by atoms with Gasteiger partial charge in [0.2, 0.25) is 0 Å². The van der Waals surface area contributed by atoms with Crippen LogP contribution in [0.5, 0.6) is 0 Å². The molecule has 0 aliphatic carbocycles. The van der Waals surface area contributed by atoms with E-state index in [0.29, 0.717) is 19.7 Å². The number of ether oxygens (including phenoxy) is 1. The van der Waals surface area contributed by atoms with Crippen LogP contribution in [0.25, 0.3) is 0 Å². The Balaban J connectivity index is 0.00000361. The van der Waals surface area contributed by atoms with Gasteiger partial charge in [0.15, 0.2) is 5.96 Å². The predicted octanol–water partition coefficient (Wildman–Crippen LogP) is 1.50. The number of halogens is 1. The van der Waals surface area contributed by atoms with Crippen molar-refractivity contribution in [3.8, 4) is 0 Å². The summed E-state index contributed by atoms with van der Waals surface area (Å²) in [5.74, 6) is 0.757. The van der Waals surface area contributed by atoms with E-state index in [4.69, 9.17) is 4.74 Å². The second-order valence-corrected chi connectivity index (χ2v) is 4.04. The molecule has 6 heteroatoms. The molecule has 0 heterocycles. The van der Waals surface area contributed by atoms with E-state index in [1.807, 2.05) is 31.2 Å². The highest BCUT2D eigenvalue weighted by Crippen LogP contribution is 2.09. The molecule has 0 aliphatic heterocycles. The SMILES string of the molecule is CCNC(=NCc1ccccc1CO)NCCOC.I. The Labute approximate surface area is 137 Å². The fraction of sp³-hybridized carbons (Fsp3) is 0.500. The highest BCUT2D eigenvalue weighted by molar-refractivity contribution is 14.0. The zero-order valence-corrected chi connectivity index (χ0v) is 14.4. The third-order valence-electron chi connectivity index (χ3n) is 2.64. The van der Waals surface area contributed by atoms with E-state index in [-0.39, 0.29) is 30.6 Å². The van der Waals surface area contributed by atoms with Crippen molar-refractivity contribution in [3.05, 3.63) is 35.4 Å². The average Bonchev–Trinajstić information content (AvgIpc) is 2.45. The van der Waals surface area contributed by atoms with Crippen LogP contribution in [-0.2, 0) is 17.9 Å². The van der Waals surface area contributed by atoms with Crippen molar-refractivity contribution >= 4 is 29.9 Å². The van der Waals surface area contributed by atoms with Gasteiger partial charge in [-0.2, -0.15) is 0 Å². The van der Waals surface area contributed by atoms with Crippen LogP contribution in [0.3, 0.4) is 0 Å². The Morgan fingerprint density at radius 3 is 2.55 bits per heavy atom. The molecule has 0 saturated heterocycles. The van der Waals surface area contributed by atoms with Gasteiger partial charge in [-0.15, -0.1) is 24.0 Å². The maximum Gasteiger partial charge on any atom is 0.191 e. The van der Waals surface area contributed by atoms with Gasteiger partial charge < -0.3 is 20.5 Å². The molecular formula is C14H24IN3O2. The second kappa shape index (κ2) is 11.9. The molecule has 0 radical (unpaired) electrons. The van der Waals surface area contributed by atoms with Gasteiger partial charge in [-0.05, 0) is 18.1 Å². The van der Waals surface area contributed by atoms with Crippen LogP contribution in [0, 0.1) is 0 Å². The first-order chi connectivity index (χ1) is 9.31. The lowest BCUT2D eigenvalue weighted by Crippen LogP contribution is -2.38. The van der Waals surface area contributed by atoms with Crippen molar-refractivity contribution in [1.29, 1.82) is 0 Å². The third kappa shape index (κ3) is 7.06. The molecule has 0 unspecified atom stereocenters. The van der Waals surface area contributed by atoms with Crippen LogP contribution < -0.4 is 10.6 Å². The summed E-state index contributed by atoms with van der Waals surface area (Å²) in [7, 11) is 1.67. The number of aliphatic hydroxyl groups excluding tert-OH is 1. The summed E-state index contributed by atoms with van der Waals surface area (Å²) in [6.07, 6.45) is 0. The average molecular weight is 393 g/mol. The monoisotopic (exact) mass is 393 g/mol. The smallest absolute Gasteiger partial charge is 0.191 e. The van der Waals surface area contributed by atoms with Crippen molar-refractivity contribution in [3.63, 3.8) is 0 Å². The summed E-state index contributed by atoms with van der Waals surface area (Å²) in [4.78, 5) is 4.49. The summed E-state index contributed by atoms with van der Waals surface area (Å²) in [5.41, 5.74) is 1.95. The van der Waals surface area contributed by atoms with Gasteiger partial charge in [0.05, 0.1) is 19.8 Å². The Morgan fingerprint density at radius 1 is 1.25 bits per heavy atom. The standard InChI is InChI=1S/C14H23N3O2.HI/c1-3-15-14(16-8-9-19-2)17-10-12-6-4-5-7-13(12)11-18;/h4-7,18H,3,8-11H2,1-2H3,(H2,15,16,17);1H. The molecular weight excluding hydrogens is 369 g/mol. The summed E-state index contributed by atoms with van der Waals surface area (Å²) >= 11 is 0. The number of nitrogens with one attached hydrogen (secondary N) is 2. The molecule has 1 aromatic rings. The summed E-state index contributed by atoms with van der Waals surface area (Å²) in [6.45, 7) is 4.76. The number of hydrogen-bond acceptors (Lipinski definition) is 3. The fourth-order valence-corrected chi connectivity index (χ4v) is 1.64. The van der Waals surface area contributed by atoms with Gasteiger partial charge in [-0.1, -0.05) is 24.3 Å². The number of rotatable bonds is 7. The molecule has 1 rings (SSSR count). The quantitative estimate of drug-likeness (QED) is 0.284. The molecule has 20 heavy (non-hydrogen) atoms. The number of hydrogen-bond donors (Lipinski definition) is 3. The number of aliphatic hydroxyl groups is 1. The Kier molecular flexibility index (Phi) is 11.4. The Morgan fingerprint density at radius 2 is 1.95 bits per heavy atom. The highest BCUT2D eigenvalue weighted by atomic mass is 127. The summed E-state index contributed by atoms with van der Waals surface area (Å²) < 4.78 is 4.99. The molecule has 1 aromatic carbocycles. The van der Waals surface area contributed by atoms with Crippen LogP contribution in [0.1, 0.15) is 18.1 Å². The first kappa shape index (κ1) is 19.1. The molecule has 0 fully saturated rings. The maximum absolute atomic E-state index is 9.26.